The molecule has 13 heavy (non-hydrogen) atoms. The Morgan fingerprint density at radius 2 is 1.69 bits per heavy atom. The Hall–Kier alpha value is -0.860. The van der Waals surface area contributed by atoms with Gasteiger partial charge in [0.2, 0.25) is 0 Å². The Bertz CT molecular complexity index is 222. The van der Waals surface area contributed by atoms with Crippen LogP contribution in [0.1, 0.15) is 51.0 Å². The second kappa shape index (κ2) is 4.40. The smallest absolute Gasteiger partial charge is 0.137 e. The highest BCUT2D eigenvalue weighted by atomic mass is 15.3. The van der Waals surface area contributed by atoms with Gasteiger partial charge in [-0.15, -0.1) is 0 Å². The summed E-state index contributed by atoms with van der Waals surface area (Å²) in [6, 6.07) is 0.614. The first-order chi connectivity index (χ1) is 6.47. The monoisotopic (exact) mass is 179 g/mol. The maximum Gasteiger partial charge on any atom is 0.137 e. The normalized spacial score (nSPS) is 20.9. The molecule has 3 heteroatoms. The molecule has 0 radical (unpaired) electrons. The second-order valence-corrected chi connectivity index (χ2v) is 3.87. The molecule has 72 valence electrons. The minimum absolute atomic E-state index is 0.614. The average Bonchev–Trinajstić information content (AvgIpc) is 2.55. The molecule has 1 saturated carbocycles. The fourth-order valence-electron chi connectivity index (χ4n) is 2.11. The zero-order valence-electron chi connectivity index (χ0n) is 8.02. The minimum atomic E-state index is 0.614. The van der Waals surface area contributed by atoms with E-state index < -0.39 is 0 Å². The zero-order valence-corrected chi connectivity index (χ0v) is 8.02. The summed E-state index contributed by atoms with van der Waals surface area (Å²) in [7, 11) is 0. The van der Waals surface area contributed by atoms with Crippen molar-refractivity contribution in [3.05, 3.63) is 12.7 Å². The molecule has 1 aliphatic carbocycles. The fraction of sp³-hybridized carbons (Fsp3) is 0.800. The summed E-state index contributed by atoms with van der Waals surface area (Å²) in [6.07, 6.45) is 13.0. The predicted octanol–water partition coefficient (Wildman–Crippen LogP) is 2.56. The van der Waals surface area contributed by atoms with Crippen molar-refractivity contribution >= 4 is 0 Å². The maximum atomic E-state index is 4.22. The lowest BCUT2D eigenvalue weighted by Gasteiger charge is -2.19. The van der Waals surface area contributed by atoms with E-state index in [1.165, 1.54) is 44.9 Å². The van der Waals surface area contributed by atoms with Crippen molar-refractivity contribution in [2.45, 2.75) is 51.0 Å². The molecular weight excluding hydrogens is 162 g/mol. The summed E-state index contributed by atoms with van der Waals surface area (Å²) in [5.74, 6) is 0. The molecule has 0 aliphatic heterocycles. The molecule has 0 amide bonds. The number of aromatic nitrogens is 3. The van der Waals surface area contributed by atoms with Crippen LogP contribution in [0.3, 0.4) is 0 Å². The summed E-state index contributed by atoms with van der Waals surface area (Å²) in [5.41, 5.74) is 0. The third-order valence-corrected chi connectivity index (χ3v) is 2.89. The van der Waals surface area contributed by atoms with Gasteiger partial charge in [-0.25, -0.2) is 9.67 Å². The highest BCUT2D eigenvalue weighted by molar-refractivity contribution is 4.70. The first kappa shape index (κ1) is 8.73. The summed E-state index contributed by atoms with van der Waals surface area (Å²) in [5, 5.41) is 4.22. The quantitative estimate of drug-likeness (QED) is 0.663. The van der Waals surface area contributed by atoms with E-state index in [2.05, 4.69) is 10.1 Å². The molecule has 0 unspecified atom stereocenters. The summed E-state index contributed by atoms with van der Waals surface area (Å²) in [4.78, 5) is 4.00. The van der Waals surface area contributed by atoms with Crippen LogP contribution < -0.4 is 0 Å². The van der Waals surface area contributed by atoms with Crippen molar-refractivity contribution in [3.63, 3.8) is 0 Å². The lowest BCUT2D eigenvalue weighted by molar-refractivity contribution is 0.347. The van der Waals surface area contributed by atoms with E-state index >= 15 is 0 Å². The first-order valence-electron chi connectivity index (χ1n) is 5.31. The Morgan fingerprint density at radius 3 is 2.31 bits per heavy atom. The van der Waals surface area contributed by atoms with Gasteiger partial charge in [0, 0.05) is 0 Å². The molecule has 0 saturated heterocycles. The van der Waals surface area contributed by atoms with Crippen molar-refractivity contribution in [2.24, 2.45) is 0 Å². The van der Waals surface area contributed by atoms with Gasteiger partial charge in [-0.2, -0.15) is 5.10 Å². The average molecular weight is 179 g/mol. The van der Waals surface area contributed by atoms with E-state index in [9.17, 15) is 0 Å². The Kier molecular flexibility index (Phi) is 2.95. The van der Waals surface area contributed by atoms with Crippen molar-refractivity contribution in [3.8, 4) is 0 Å². The molecule has 1 aromatic heterocycles. The highest BCUT2D eigenvalue weighted by Crippen LogP contribution is 2.24. The van der Waals surface area contributed by atoms with Crippen LogP contribution in [-0.4, -0.2) is 14.8 Å². The van der Waals surface area contributed by atoms with Crippen molar-refractivity contribution in [2.75, 3.05) is 0 Å². The van der Waals surface area contributed by atoms with Crippen LogP contribution in [0.4, 0.5) is 0 Å². The molecule has 1 fully saturated rings. The number of hydrogen-bond donors (Lipinski definition) is 0. The van der Waals surface area contributed by atoms with Crippen LogP contribution in [0.2, 0.25) is 0 Å². The highest BCUT2D eigenvalue weighted by Gasteiger charge is 2.12. The Labute approximate surface area is 79.2 Å². The maximum absolute atomic E-state index is 4.22. The predicted molar refractivity (Wildman–Crippen MR) is 51.4 cm³/mol. The van der Waals surface area contributed by atoms with Crippen LogP contribution >= 0.6 is 0 Å². The Balaban J connectivity index is 1.96. The van der Waals surface area contributed by atoms with Crippen LogP contribution in [0.25, 0.3) is 0 Å². The number of nitrogens with zero attached hydrogens (tertiary/aromatic N) is 3. The Morgan fingerprint density at radius 1 is 1.00 bits per heavy atom. The first-order valence-corrected chi connectivity index (χ1v) is 5.31. The van der Waals surface area contributed by atoms with Gasteiger partial charge in [0.25, 0.3) is 0 Å². The molecule has 0 spiro atoms. The van der Waals surface area contributed by atoms with E-state index in [1.54, 1.807) is 6.33 Å². The number of rotatable bonds is 1. The molecule has 2 rings (SSSR count). The molecular formula is C10H17N3. The SMILES string of the molecule is c1ncn(C2CCCCCCC2)n1. The van der Waals surface area contributed by atoms with Gasteiger partial charge in [-0.05, 0) is 12.8 Å². The largest absolute Gasteiger partial charge is 0.250 e. The third kappa shape index (κ3) is 2.29. The van der Waals surface area contributed by atoms with Crippen molar-refractivity contribution in [1.29, 1.82) is 0 Å². The summed E-state index contributed by atoms with van der Waals surface area (Å²) < 4.78 is 2.03. The molecule has 3 nitrogen and oxygen atoms in total. The third-order valence-electron chi connectivity index (χ3n) is 2.89. The number of hydrogen-bond acceptors (Lipinski definition) is 2. The van der Waals surface area contributed by atoms with Gasteiger partial charge >= 0.3 is 0 Å². The topological polar surface area (TPSA) is 30.7 Å². The molecule has 0 atom stereocenters. The van der Waals surface area contributed by atoms with Gasteiger partial charge in [-0.3, -0.25) is 0 Å². The lowest BCUT2D eigenvalue weighted by atomic mass is 9.97. The van der Waals surface area contributed by atoms with Gasteiger partial charge in [-0.1, -0.05) is 32.1 Å². The van der Waals surface area contributed by atoms with E-state index in [1.807, 2.05) is 11.0 Å². The summed E-state index contributed by atoms with van der Waals surface area (Å²) >= 11 is 0. The fourth-order valence-corrected chi connectivity index (χ4v) is 2.11. The molecule has 0 N–H and O–H groups in total. The lowest BCUT2D eigenvalue weighted by Crippen LogP contribution is -2.11. The molecule has 1 aromatic rings. The molecule has 0 aromatic carbocycles. The van der Waals surface area contributed by atoms with Crippen LogP contribution in [0, 0.1) is 0 Å². The minimum Gasteiger partial charge on any atom is -0.250 e. The van der Waals surface area contributed by atoms with Crippen LogP contribution in [-0.2, 0) is 0 Å². The summed E-state index contributed by atoms with van der Waals surface area (Å²) in [6.45, 7) is 0. The van der Waals surface area contributed by atoms with Gasteiger partial charge < -0.3 is 0 Å². The molecule has 1 aliphatic rings. The molecule has 0 bridgehead atoms. The molecule has 1 heterocycles. The van der Waals surface area contributed by atoms with Gasteiger partial charge in [0.1, 0.15) is 12.7 Å². The van der Waals surface area contributed by atoms with Crippen LogP contribution in [0.15, 0.2) is 12.7 Å². The second-order valence-electron chi connectivity index (χ2n) is 3.87. The van der Waals surface area contributed by atoms with E-state index in [4.69, 9.17) is 0 Å². The van der Waals surface area contributed by atoms with Crippen LogP contribution in [0.5, 0.6) is 0 Å². The van der Waals surface area contributed by atoms with Gasteiger partial charge in [0.05, 0.1) is 6.04 Å². The van der Waals surface area contributed by atoms with E-state index in [-0.39, 0.29) is 0 Å². The van der Waals surface area contributed by atoms with Crippen molar-refractivity contribution < 1.29 is 0 Å². The zero-order chi connectivity index (χ0) is 8.93. The van der Waals surface area contributed by atoms with E-state index in [0.717, 1.165) is 0 Å². The van der Waals surface area contributed by atoms with Crippen molar-refractivity contribution in [1.82, 2.24) is 14.8 Å². The van der Waals surface area contributed by atoms with Gasteiger partial charge in [0.15, 0.2) is 0 Å². The standard InChI is InChI=1S/C10H17N3/c1-2-4-6-10(7-5-3-1)13-9-11-8-12-13/h8-10H,1-7H2. The van der Waals surface area contributed by atoms with E-state index in [0.29, 0.717) is 6.04 Å².